The molecule has 0 aromatic carbocycles. The summed E-state index contributed by atoms with van der Waals surface area (Å²) in [5.41, 5.74) is 1.40. The Hall–Kier alpha value is -2.04. The molecule has 0 aliphatic rings. The highest BCUT2D eigenvalue weighted by Gasteiger charge is 2.19. The molecule has 5 heteroatoms. The first-order valence-corrected chi connectivity index (χ1v) is 7.15. The Labute approximate surface area is 124 Å². The average Bonchev–Trinajstić information content (AvgIpc) is 2.44. The Kier molecular flexibility index (Phi) is 4.50. The second-order valence-corrected chi connectivity index (χ2v) is 6.00. The van der Waals surface area contributed by atoms with E-state index in [1.165, 1.54) is 12.3 Å². The number of nitrogens with one attached hydrogen (secondary N) is 1. The van der Waals surface area contributed by atoms with Crippen molar-refractivity contribution in [1.82, 2.24) is 15.0 Å². The summed E-state index contributed by atoms with van der Waals surface area (Å²) in [7, 11) is 0. The molecule has 1 N–H and O–H groups in total. The minimum Gasteiger partial charge on any atom is -0.370 e. The Morgan fingerprint density at radius 2 is 1.95 bits per heavy atom. The van der Waals surface area contributed by atoms with Crippen molar-refractivity contribution in [3.05, 3.63) is 35.9 Å². The van der Waals surface area contributed by atoms with Gasteiger partial charge in [0.15, 0.2) is 5.82 Å². The Morgan fingerprint density at radius 3 is 2.52 bits per heavy atom. The van der Waals surface area contributed by atoms with Gasteiger partial charge in [0.25, 0.3) is 0 Å². The molecule has 112 valence electrons. The van der Waals surface area contributed by atoms with Crippen molar-refractivity contribution in [3.63, 3.8) is 0 Å². The third-order valence-corrected chi connectivity index (χ3v) is 3.01. The highest BCUT2D eigenvalue weighted by Crippen LogP contribution is 2.25. The van der Waals surface area contributed by atoms with Crippen molar-refractivity contribution in [2.45, 2.75) is 39.5 Å². The van der Waals surface area contributed by atoms with Gasteiger partial charge in [-0.3, -0.25) is 0 Å². The number of rotatable bonds is 4. The van der Waals surface area contributed by atoms with E-state index in [1.54, 1.807) is 6.07 Å². The van der Waals surface area contributed by atoms with Crippen LogP contribution in [-0.2, 0) is 5.41 Å². The van der Waals surface area contributed by atoms with Crippen LogP contribution in [0.4, 0.5) is 10.2 Å². The normalized spacial score (nSPS) is 11.5. The van der Waals surface area contributed by atoms with E-state index in [4.69, 9.17) is 0 Å². The lowest BCUT2D eigenvalue weighted by Crippen LogP contribution is -2.16. The maximum Gasteiger partial charge on any atom is 0.180 e. The zero-order valence-corrected chi connectivity index (χ0v) is 12.9. The summed E-state index contributed by atoms with van der Waals surface area (Å²) in [4.78, 5) is 13.1. The SMILES string of the molecule is CCCNc1cc(C(C)(C)C)nc(-c2ccc(F)cn2)n1. The molecule has 0 radical (unpaired) electrons. The Morgan fingerprint density at radius 1 is 1.19 bits per heavy atom. The van der Waals surface area contributed by atoms with E-state index in [-0.39, 0.29) is 11.2 Å². The molecule has 0 unspecified atom stereocenters. The van der Waals surface area contributed by atoms with Gasteiger partial charge in [0, 0.05) is 18.0 Å². The first-order chi connectivity index (χ1) is 9.90. The number of halogens is 1. The van der Waals surface area contributed by atoms with E-state index >= 15 is 0 Å². The van der Waals surface area contributed by atoms with Crippen LogP contribution in [0.1, 0.15) is 39.8 Å². The van der Waals surface area contributed by atoms with Crippen LogP contribution in [0.3, 0.4) is 0 Å². The molecule has 0 saturated carbocycles. The zero-order valence-electron chi connectivity index (χ0n) is 12.9. The number of hydrogen-bond acceptors (Lipinski definition) is 4. The lowest BCUT2D eigenvalue weighted by atomic mass is 9.92. The van der Waals surface area contributed by atoms with Gasteiger partial charge in [0.1, 0.15) is 17.3 Å². The number of nitrogens with zero attached hydrogens (tertiary/aromatic N) is 3. The molecule has 0 bridgehead atoms. The first-order valence-electron chi connectivity index (χ1n) is 7.15. The molecule has 2 heterocycles. The quantitative estimate of drug-likeness (QED) is 0.929. The van der Waals surface area contributed by atoms with Crippen molar-refractivity contribution >= 4 is 5.82 Å². The van der Waals surface area contributed by atoms with Crippen LogP contribution in [0, 0.1) is 5.82 Å². The van der Waals surface area contributed by atoms with E-state index in [9.17, 15) is 4.39 Å². The van der Waals surface area contributed by atoms with Crippen molar-refractivity contribution in [1.29, 1.82) is 0 Å². The molecule has 0 fully saturated rings. The van der Waals surface area contributed by atoms with Crippen molar-refractivity contribution in [3.8, 4) is 11.5 Å². The molecule has 0 amide bonds. The minimum atomic E-state index is -0.366. The van der Waals surface area contributed by atoms with Crippen LogP contribution in [-0.4, -0.2) is 21.5 Å². The molecule has 0 spiro atoms. The molecule has 0 aliphatic carbocycles. The van der Waals surface area contributed by atoms with Gasteiger partial charge >= 0.3 is 0 Å². The number of hydrogen-bond donors (Lipinski definition) is 1. The van der Waals surface area contributed by atoms with E-state index in [2.05, 4.69) is 48.0 Å². The second kappa shape index (κ2) is 6.16. The molecule has 4 nitrogen and oxygen atoms in total. The van der Waals surface area contributed by atoms with E-state index in [0.29, 0.717) is 11.5 Å². The fraction of sp³-hybridized carbons (Fsp3) is 0.438. The summed E-state index contributed by atoms with van der Waals surface area (Å²) < 4.78 is 13.0. The largest absolute Gasteiger partial charge is 0.370 e. The van der Waals surface area contributed by atoms with E-state index in [0.717, 1.165) is 24.5 Å². The van der Waals surface area contributed by atoms with Crippen LogP contribution in [0.2, 0.25) is 0 Å². The van der Waals surface area contributed by atoms with Gasteiger partial charge in [0.05, 0.1) is 11.9 Å². The monoisotopic (exact) mass is 288 g/mol. The summed E-state index contributed by atoms with van der Waals surface area (Å²) in [6.07, 6.45) is 2.20. The van der Waals surface area contributed by atoms with Gasteiger partial charge < -0.3 is 5.32 Å². The van der Waals surface area contributed by atoms with Gasteiger partial charge in [-0.25, -0.2) is 19.3 Å². The van der Waals surface area contributed by atoms with Gasteiger partial charge in [-0.05, 0) is 18.6 Å². The number of pyridine rings is 1. The maximum atomic E-state index is 13.0. The summed E-state index contributed by atoms with van der Waals surface area (Å²) >= 11 is 0. The van der Waals surface area contributed by atoms with Crippen molar-refractivity contribution < 1.29 is 4.39 Å². The van der Waals surface area contributed by atoms with Gasteiger partial charge in [0.2, 0.25) is 0 Å². The molecule has 0 aliphatic heterocycles. The summed E-state index contributed by atoms with van der Waals surface area (Å²) in [5.74, 6) is 0.925. The molecule has 0 saturated heterocycles. The van der Waals surface area contributed by atoms with Gasteiger partial charge in [-0.1, -0.05) is 27.7 Å². The molecule has 2 rings (SSSR count). The fourth-order valence-electron chi connectivity index (χ4n) is 1.80. The predicted molar refractivity (Wildman–Crippen MR) is 82.7 cm³/mol. The lowest BCUT2D eigenvalue weighted by Gasteiger charge is -2.19. The zero-order chi connectivity index (χ0) is 15.5. The summed E-state index contributed by atoms with van der Waals surface area (Å²) in [6.45, 7) is 9.24. The van der Waals surface area contributed by atoms with Crippen LogP contribution in [0.15, 0.2) is 24.4 Å². The summed E-state index contributed by atoms with van der Waals surface area (Å²) in [5, 5.41) is 3.28. The van der Waals surface area contributed by atoms with Gasteiger partial charge in [-0.2, -0.15) is 0 Å². The Balaban J connectivity index is 2.46. The van der Waals surface area contributed by atoms with Crippen molar-refractivity contribution in [2.75, 3.05) is 11.9 Å². The predicted octanol–water partition coefficient (Wildman–Crippen LogP) is 3.80. The van der Waals surface area contributed by atoms with Crippen LogP contribution in [0.25, 0.3) is 11.5 Å². The standard InChI is InChI=1S/C16H21FN4/c1-5-8-18-14-9-13(16(2,3)4)20-15(21-14)12-7-6-11(17)10-19-12/h6-7,9-10H,5,8H2,1-4H3,(H,18,20,21). The highest BCUT2D eigenvalue weighted by atomic mass is 19.1. The van der Waals surface area contributed by atoms with E-state index < -0.39 is 0 Å². The third kappa shape index (κ3) is 3.97. The van der Waals surface area contributed by atoms with E-state index in [1.807, 2.05) is 6.07 Å². The van der Waals surface area contributed by atoms with Crippen LogP contribution >= 0.6 is 0 Å². The van der Waals surface area contributed by atoms with Gasteiger partial charge in [-0.15, -0.1) is 0 Å². The molecular weight excluding hydrogens is 267 g/mol. The molecular formula is C16H21FN4. The smallest absolute Gasteiger partial charge is 0.180 e. The number of anilines is 1. The molecule has 0 atom stereocenters. The maximum absolute atomic E-state index is 13.0. The molecule has 2 aromatic heterocycles. The second-order valence-electron chi connectivity index (χ2n) is 6.00. The van der Waals surface area contributed by atoms with Crippen LogP contribution in [0.5, 0.6) is 0 Å². The average molecular weight is 288 g/mol. The van der Waals surface area contributed by atoms with Crippen LogP contribution < -0.4 is 5.32 Å². The summed E-state index contributed by atoms with van der Waals surface area (Å²) in [6, 6.07) is 4.93. The first kappa shape index (κ1) is 15.4. The molecule has 21 heavy (non-hydrogen) atoms. The lowest BCUT2D eigenvalue weighted by molar-refractivity contribution is 0.568. The fourth-order valence-corrected chi connectivity index (χ4v) is 1.80. The Bertz CT molecular complexity index is 603. The minimum absolute atomic E-state index is 0.0969. The highest BCUT2D eigenvalue weighted by molar-refractivity contribution is 5.53. The number of aromatic nitrogens is 3. The van der Waals surface area contributed by atoms with Crippen molar-refractivity contribution in [2.24, 2.45) is 0 Å². The third-order valence-electron chi connectivity index (χ3n) is 3.01. The molecule has 2 aromatic rings. The topological polar surface area (TPSA) is 50.7 Å².